The average Bonchev–Trinajstić information content (AvgIpc) is 2.63. The van der Waals surface area contributed by atoms with Gasteiger partial charge in [-0.1, -0.05) is 6.08 Å². The van der Waals surface area contributed by atoms with Crippen LogP contribution >= 0.6 is 0 Å². The van der Waals surface area contributed by atoms with Crippen molar-refractivity contribution in [2.24, 2.45) is 5.92 Å². The third kappa shape index (κ3) is 3.65. The molecule has 0 saturated heterocycles. The van der Waals surface area contributed by atoms with E-state index in [0.29, 0.717) is 11.5 Å². The molecule has 1 aliphatic rings. The second-order valence-corrected chi connectivity index (χ2v) is 6.27. The lowest BCUT2D eigenvalue weighted by Crippen LogP contribution is -2.13. The first-order chi connectivity index (χ1) is 11.3. The second kappa shape index (κ2) is 7.19. The summed E-state index contributed by atoms with van der Waals surface area (Å²) in [6.45, 7) is 3.84. The Morgan fingerprint density at radius 2 is 1.74 bits per heavy atom. The Kier molecular flexibility index (Phi) is 4.83. The highest BCUT2D eigenvalue weighted by Gasteiger charge is 2.22. The third-order valence-corrected chi connectivity index (χ3v) is 4.76. The fourth-order valence-electron chi connectivity index (χ4n) is 3.36. The van der Waals surface area contributed by atoms with Crippen LogP contribution in [0.2, 0.25) is 0 Å². The van der Waals surface area contributed by atoms with Crippen LogP contribution in [-0.2, 0) is 0 Å². The molecule has 23 heavy (non-hydrogen) atoms. The van der Waals surface area contributed by atoms with Crippen molar-refractivity contribution in [2.75, 3.05) is 0 Å². The van der Waals surface area contributed by atoms with Gasteiger partial charge in [-0.05, 0) is 73.8 Å². The Balaban J connectivity index is 1.67. The van der Waals surface area contributed by atoms with Crippen LogP contribution in [0.25, 0.3) is 11.4 Å². The first-order valence-corrected chi connectivity index (χ1v) is 8.23. The summed E-state index contributed by atoms with van der Waals surface area (Å²) in [5, 5.41) is 8.85. The van der Waals surface area contributed by atoms with Crippen LogP contribution in [0.5, 0.6) is 0 Å². The summed E-state index contributed by atoms with van der Waals surface area (Å²) in [7, 11) is 0. The predicted octanol–water partition coefficient (Wildman–Crippen LogP) is 4.87. The lowest BCUT2D eigenvalue weighted by Gasteiger charge is -2.27. The van der Waals surface area contributed by atoms with Gasteiger partial charge in [0.15, 0.2) is 5.82 Å². The highest BCUT2D eigenvalue weighted by Crippen LogP contribution is 2.36. The van der Waals surface area contributed by atoms with E-state index in [2.05, 4.69) is 22.6 Å². The molecule has 0 aliphatic heterocycles. The zero-order chi connectivity index (χ0) is 16.1. The molecule has 1 aromatic carbocycles. The zero-order valence-corrected chi connectivity index (χ0v) is 13.3. The summed E-state index contributed by atoms with van der Waals surface area (Å²) in [4.78, 5) is 9.05. The Hall–Kier alpha value is -2.47. The van der Waals surface area contributed by atoms with Crippen LogP contribution in [0.4, 0.5) is 0 Å². The van der Waals surface area contributed by atoms with Gasteiger partial charge in [-0.3, -0.25) is 0 Å². The number of rotatable bonds is 4. The van der Waals surface area contributed by atoms with Gasteiger partial charge in [0.2, 0.25) is 0 Å². The molecule has 2 aromatic rings. The smallest absolute Gasteiger partial charge is 0.159 e. The van der Waals surface area contributed by atoms with Crippen LogP contribution in [0.3, 0.4) is 0 Å². The zero-order valence-electron chi connectivity index (χ0n) is 13.3. The van der Waals surface area contributed by atoms with E-state index in [-0.39, 0.29) is 0 Å². The Labute approximate surface area is 137 Å². The predicted molar refractivity (Wildman–Crippen MR) is 91.7 cm³/mol. The number of aromatic nitrogens is 2. The van der Waals surface area contributed by atoms with Gasteiger partial charge in [0.1, 0.15) is 0 Å². The largest absolute Gasteiger partial charge is 0.236 e. The summed E-state index contributed by atoms with van der Waals surface area (Å²) in [5.41, 5.74) is 2.85. The minimum Gasteiger partial charge on any atom is -0.236 e. The Morgan fingerprint density at radius 3 is 2.30 bits per heavy atom. The molecule has 3 nitrogen and oxygen atoms in total. The highest BCUT2D eigenvalue weighted by molar-refractivity contribution is 5.56. The van der Waals surface area contributed by atoms with Crippen LogP contribution < -0.4 is 0 Å². The maximum Gasteiger partial charge on any atom is 0.159 e. The lowest BCUT2D eigenvalue weighted by molar-refractivity contribution is 0.328. The van der Waals surface area contributed by atoms with Crippen molar-refractivity contribution in [3.63, 3.8) is 0 Å². The van der Waals surface area contributed by atoms with Crippen molar-refractivity contribution in [2.45, 2.75) is 38.0 Å². The first kappa shape index (κ1) is 15.4. The van der Waals surface area contributed by atoms with E-state index in [4.69, 9.17) is 5.26 Å². The van der Waals surface area contributed by atoms with Gasteiger partial charge in [0.25, 0.3) is 0 Å². The summed E-state index contributed by atoms with van der Waals surface area (Å²) >= 11 is 0. The van der Waals surface area contributed by atoms with Crippen LogP contribution in [0, 0.1) is 17.2 Å². The molecule has 1 heterocycles. The number of allylic oxidation sites excluding steroid dienone is 1. The van der Waals surface area contributed by atoms with Gasteiger partial charge in [0, 0.05) is 18.0 Å². The van der Waals surface area contributed by atoms with Crippen molar-refractivity contribution in [3.8, 4) is 17.5 Å². The van der Waals surface area contributed by atoms with Gasteiger partial charge in [-0.15, -0.1) is 6.58 Å². The van der Waals surface area contributed by atoms with Crippen LogP contribution in [0.15, 0.2) is 49.3 Å². The molecule has 0 amide bonds. The fraction of sp³-hybridized carbons (Fsp3) is 0.350. The minimum absolute atomic E-state index is 0.589. The number of nitrogens with zero attached hydrogens (tertiary/aromatic N) is 3. The van der Waals surface area contributed by atoms with E-state index in [0.717, 1.165) is 23.7 Å². The van der Waals surface area contributed by atoms with Gasteiger partial charge < -0.3 is 0 Å². The number of hydrogen-bond donors (Lipinski definition) is 0. The van der Waals surface area contributed by atoms with Crippen molar-refractivity contribution in [1.29, 1.82) is 5.26 Å². The molecule has 0 atom stereocenters. The summed E-state index contributed by atoms with van der Waals surface area (Å²) in [5.74, 6) is 2.12. The third-order valence-electron chi connectivity index (χ3n) is 4.76. The van der Waals surface area contributed by atoms with Crippen LogP contribution in [-0.4, -0.2) is 9.97 Å². The van der Waals surface area contributed by atoms with Gasteiger partial charge in [-0.2, -0.15) is 5.26 Å². The van der Waals surface area contributed by atoms with E-state index in [1.165, 1.54) is 31.2 Å². The standard InChI is InChI=1S/C20H21N3/c1-2-3-15-4-8-17(9-5-15)19-13-22-20(23-14-19)18-10-6-16(12-21)7-11-18/h2,6-7,10-11,13-15,17H,1,3-5,8-9H2. The maximum atomic E-state index is 8.85. The Morgan fingerprint density at radius 1 is 1.09 bits per heavy atom. The number of hydrogen-bond acceptors (Lipinski definition) is 3. The molecule has 1 aromatic heterocycles. The van der Waals surface area contributed by atoms with Crippen molar-refractivity contribution in [1.82, 2.24) is 9.97 Å². The monoisotopic (exact) mass is 303 g/mol. The number of nitriles is 1. The van der Waals surface area contributed by atoms with Crippen molar-refractivity contribution >= 4 is 0 Å². The van der Waals surface area contributed by atoms with E-state index in [1.54, 1.807) is 12.1 Å². The molecule has 116 valence electrons. The van der Waals surface area contributed by atoms with Crippen molar-refractivity contribution in [3.05, 3.63) is 60.4 Å². The molecular formula is C20H21N3. The van der Waals surface area contributed by atoms with Crippen LogP contribution in [0.1, 0.15) is 49.1 Å². The summed E-state index contributed by atoms with van der Waals surface area (Å²) < 4.78 is 0. The number of benzene rings is 1. The molecule has 0 radical (unpaired) electrons. The van der Waals surface area contributed by atoms with E-state index < -0.39 is 0 Å². The van der Waals surface area contributed by atoms with E-state index in [1.807, 2.05) is 30.6 Å². The summed E-state index contributed by atoms with van der Waals surface area (Å²) in [6, 6.07) is 9.52. The van der Waals surface area contributed by atoms with Gasteiger partial charge in [-0.25, -0.2) is 9.97 Å². The molecule has 1 aliphatic carbocycles. The fourth-order valence-corrected chi connectivity index (χ4v) is 3.36. The molecule has 0 N–H and O–H groups in total. The normalized spacial score (nSPS) is 20.7. The van der Waals surface area contributed by atoms with Gasteiger partial charge in [0.05, 0.1) is 11.6 Å². The maximum absolute atomic E-state index is 8.85. The molecule has 0 bridgehead atoms. The van der Waals surface area contributed by atoms with E-state index in [9.17, 15) is 0 Å². The molecule has 1 saturated carbocycles. The molecule has 3 heteroatoms. The Bertz CT molecular complexity index is 687. The SMILES string of the molecule is C=CCC1CCC(c2cnc(-c3ccc(C#N)cc3)nc2)CC1. The highest BCUT2D eigenvalue weighted by atomic mass is 14.9. The molecule has 1 fully saturated rings. The van der Waals surface area contributed by atoms with E-state index >= 15 is 0 Å². The summed E-state index contributed by atoms with van der Waals surface area (Å²) in [6.07, 6.45) is 12.1. The second-order valence-electron chi connectivity index (χ2n) is 6.27. The van der Waals surface area contributed by atoms with Gasteiger partial charge >= 0.3 is 0 Å². The lowest BCUT2D eigenvalue weighted by atomic mass is 9.78. The molecular weight excluding hydrogens is 282 g/mol. The average molecular weight is 303 g/mol. The first-order valence-electron chi connectivity index (χ1n) is 8.23. The van der Waals surface area contributed by atoms with Crippen molar-refractivity contribution < 1.29 is 0 Å². The quantitative estimate of drug-likeness (QED) is 0.757. The molecule has 3 rings (SSSR count). The molecule has 0 unspecified atom stereocenters. The minimum atomic E-state index is 0.589. The molecule has 0 spiro atoms. The topological polar surface area (TPSA) is 49.6 Å².